The van der Waals surface area contributed by atoms with Gasteiger partial charge in [-0.1, -0.05) is 46.0 Å². The minimum atomic E-state index is -0.0967. The Balaban J connectivity index is 1.96. The van der Waals surface area contributed by atoms with E-state index in [0.29, 0.717) is 0 Å². The number of rotatable bonds is 3. The maximum atomic E-state index is 8.63. The standard InChI is InChI=1S/C16H13BrOS/c17-15-4-1-5-16(11-15)19-12-14-8-6-13(7-9-14)3-2-10-18/h1,4-9,11,18H,10,12H2. The van der Waals surface area contributed by atoms with Gasteiger partial charge in [0.05, 0.1) is 0 Å². The number of thioether (sulfide) groups is 1. The third-order valence-electron chi connectivity index (χ3n) is 2.47. The van der Waals surface area contributed by atoms with Crippen LogP contribution in [-0.2, 0) is 5.75 Å². The predicted octanol–water partition coefficient (Wildman–Crippen LogP) is 4.09. The van der Waals surface area contributed by atoms with Gasteiger partial charge in [0, 0.05) is 20.7 Å². The first kappa shape index (κ1) is 14.2. The van der Waals surface area contributed by atoms with Crippen molar-refractivity contribution in [3.05, 3.63) is 64.1 Å². The maximum Gasteiger partial charge on any atom is 0.104 e. The van der Waals surface area contributed by atoms with Crippen LogP contribution in [0.3, 0.4) is 0 Å². The largest absolute Gasteiger partial charge is 0.384 e. The molecule has 0 amide bonds. The topological polar surface area (TPSA) is 20.2 Å². The van der Waals surface area contributed by atoms with E-state index in [9.17, 15) is 0 Å². The Hall–Kier alpha value is -1.21. The Bertz CT molecular complexity index is 596. The summed E-state index contributed by atoms with van der Waals surface area (Å²) in [6, 6.07) is 16.4. The van der Waals surface area contributed by atoms with Crippen LogP contribution >= 0.6 is 27.7 Å². The second kappa shape index (κ2) is 7.40. The molecule has 0 unspecified atom stereocenters. The first-order chi connectivity index (χ1) is 9.28. The summed E-state index contributed by atoms with van der Waals surface area (Å²) in [6.45, 7) is -0.0967. The van der Waals surface area contributed by atoms with Crippen LogP contribution in [0.5, 0.6) is 0 Å². The Morgan fingerprint density at radius 1 is 1.11 bits per heavy atom. The highest BCUT2D eigenvalue weighted by Crippen LogP contribution is 2.25. The number of hydrogen-bond acceptors (Lipinski definition) is 2. The molecule has 0 aliphatic carbocycles. The number of aliphatic hydroxyl groups excluding tert-OH is 1. The van der Waals surface area contributed by atoms with Crippen molar-refractivity contribution in [2.75, 3.05) is 6.61 Å². The normalized spacial score (nSPS) is 9.79. The van der Waals surface area contributed by atoms with Gasteiger partial charge in [0.1, 0.15) is 6.61 Å². The molecule has 0 bridgehead atoms. The fourth-order valence-electron chi connectivity index (χ4n) is 1.55. The molecule has 0 saturated carbocycles. The van der Waals surface area contributed by atoms with Crippen LogP contribution in [0.4, 0.5) is 0 Å². The zero-order valence-corrected chi connectivity index (χ0v) is 12.7. The van der Waals surface area contributed by atoms with Crippen molar-refractivity contribution in [2.24, 2.45) is 0 Å². The molecule has 0 radical (unpaired) electrons. The Labute approximate surface area is 126 Å². The first-order valence-electron chi connectivity index (χ1n) is 5.85. The highest BCUT2D eigenvalue weighted by atomic mass is 79.9. The van der Waals surface area contributed by atoms with E-state index in [0.717, 1.165) is 15.8 Å². The third-order valence-corrected chi connectivity index (χ3v) is 4.03. The van der Waals surface area contributed by atoms with Crippen LogP contribution in [0.2, 0.25) is 0 Å². The van der Waals surface area contributed by atoms with Gasteiger partial charge in [0.25, 0.3) is 0 Å². The van der Waals surface area contributed by atoms with Crippen molar-refractivity contribution in [1.29, 1.82) is 0 Å². The molecular formula is C16H13BrOS. The summed E-state index contributed by atoms with van der Waals surface area (Å²) >= 11 is 5.28. The smallest absolute Gasteiger partial charge is 0.104 e. The molecule has 0 aliphatic heterocycles. The van der Waals surface area contributed by atoms with Gasteiger partial charge >= 0.3 is 0 Å². The van der Waals surface area contributed by atoms with E-state index >= 15 is 0 Å². The molecular weight excluding hydrogens is 320 g/mol. The highest BCUT2D eigenvalue weighted by Gasteiger charge is 1.97. The molecule has 0 aliphatic rings. The lowest BCUT2D eigenvalue weighted by Crippen LogP contribution is -1.82. The van der Waals surface area contributed by atoms with Gasteiger partial charge in [-0.2, -0.15) is 0 Å². The van der Waals surface area contributed by atoms with E-state index in [1.165, 1.54) is 10.5 Å². The summed E-state index contributed by atoms with van der Waals surface area (Å²) in [5.74, 6) is 6.47. The molecule has 0 spiro atoms. The average Bonchev–Trinajstić information content (AvgIpc) is 2.44. The predicted molar refractivity (Wildman–Crippen MR) is 84.1 cm³/mol. The minimum absolute atomic E-state index is 0.0967. The quantitative estimate of drug-likeness (QED) is 0.674. The zero-order chi connectivity index (χ0) is 13.5. The highest BCUT2D eigenvalue weighted by molar-refractivity contribution is 9.10. The van der Waals surface area contributed by atoms with Crippen molar-refractivity contribution < 1.29 is 5.11 Å². The van der Waals surface area contributed by atoms with E-state index in [1.807, 2.05) is 24.3 Å². The number of halogens is 1. The summed E-state index contributed by atoms with van der Waals surface area (Å²) in [5.41, 5.74) is 2.20. The summed E-state index contributed by atoms with van der Waals surface area (Å²) in [4.78, 5) is 1.25. The van der Waals surface area contributed by atoms with Crippen molar-refractivity contribution in [1.82, 2.24) is 0 Å². The average molecular weight is 333 g/mol. The minimum Gasteiger partial charge on any atom is -0.384 e. The van der Waals surface area contributed by atoms with E-state index in [-0.39, 0.29) is 6.61 Å². The van der Waals surface area contributed by atoms with Crippen LogP contribution in [-0.4, -0.2) is 11.7 Å². The number of aliphatic hydroxyl groups is 1. The molecule has 2 aromatic rings. The molecule has 0 aromatic heterocycles. The van der Waals surface area contributed by atoms with E-state index in [2.05, 4.69) is 52.0 Å². The monoisotopic (exact) mass is 332 g/mol. The van der Waals surface area contributed by atoms with Crippen LogP contribution in [0.25, 0.3) is 0 Å². The molecule has 1 nitrogen and oxygen atoms in total. The SMILES string of the molecule is OCC#Cc1ccc(CSc2cccc(Br)c2)cc1. The molecule has 0 atom stereocenters. The van der Waals surface area contributed by atoms with Crippen molar-refractivity contribution >= 4 is 27.7 Å². The Morgan fingerprint density at radius 3 is 2.58 bits per heavy atom. The van der Waals surface area contributed by atoms with Gasteiger partial charge in [0.15, 0.2) is 0 Å². The Kier molecular flexibility index (Phi) is 5.53. The fourth-order valence-corrected chi connectivity index (χ4v) is 3.01. The van der Waals surface area contributed by atoms with E-state index in [4.69, 9.17) is 5.11 Å². The van der Waals surface area contributed by atoms with Gasteiger partial charge in [-0.25, -0.2) is 0 Å². The molecule has 19 heavy (non-hydrogen) atoms. The summed E-state index contributed by atoms with van der Waals surface area (Å²) in [7, 11) is 0. The van der Waals surface area contributed by atoms with Crippen LogP contribution < -0.4 is 0 Å². The number of hydrogen-bond donors (Lipinski definition) is 1. The second-order valence-electron chi connectivity index (χ2n) is 3.90. The van der Waals surface area contributed by atoms with E-state index in [1.54, 1.807) is 11.8 Å². The summed E-state index contributed by atoms with van der Waals surface area (Å²) in [5, 5.41) is 8.63. The van der Waals surface area contributed by atoms with E-state index < -0.39 is 0 Å². The number of benzene rings is 2. The van der Waals surface area contributed by atoms with Gasteiger partial charge in [-0.15, -0.1) is 11.8 Å². The van der Waals surface area contributed by atoms with Crippen molar-refractivity contribution in [2.45, 2.75) is 10.6 Å². The molecule has 2 rings (SSSR count). The zero-order valence-electron chi connectivity index (χ0n) is 10.3. The van der Waals surface area contributed by atoms with Crippen LogP contribution in [0.1, 0.15) is 11.1 Å². The second-order valence-corrected chi connectivity index (χ2v) is 5.87. The van der Waals surface area contributed by atoms with Crippen LogP contribution in [0, 0.1) is 11.8 Å². The maximum absolute atomic E-state index is 8.63. The van der Waals surface area contributed by atoms with Gasteiger partial charge in [-0.3, -0.25) is 0 Å². The van der Waals surface area contributed by atoms with Crippen LogP contribution in [0.15, 0.2) is 57.9 Å². The lowest BCUT2D eigenvalue weighted by molar-refractivity contribution is 0.350. The molecule has 1 N–H and O–H groups in total. The Morgan fingerprint density at radius 2 is 1.89 bits per heavy atom. The summed E-state index contributed by atoms with van der Waals surface area (Å²) in [6.07, 6.45) is 0. The lowest BCUT2D eigenvalue weighted by atomic mass is 10.1. The van der Waals surface area contributed by atoms with Gasteiger partial charge in [0.2, 0.25) is 0 Å². The van der Waals surface area contributed by atoms with Crippen molar-refractivity contribution in [3.8, 4) is 11.8 Å². The molecule has 0 heterocycles. The first-order valence-corrected chi connectivity index (χ1v) is 7.63. The molecule has 96 valence electrons. The molecule has 3 heteroatoms. The van der Waals surface area contributed by atoms with Gasteiger partial charge in [-0.05, 0) is 35.9 Å². The van der Waals surface area contributed by atoms with Crippen molar-refractivity contribution in [3.63, 3.8) is 0 Å². The summed E-state index contributed by atoms with van der Waals surface area (Å²) < 4.78 is 1.10. The lowest BCUT2D eigenvalue weighted by Gasteiger charge is -2.03. The third kappa shape index (κ3) is 4.76. The molecule has 0 fully saturated rings. The fraction of sp³-hybridized carbons (Fsp3) is 0.125. The van der Waals surface area contributed by atoms with Gasteiger partial charge < -0.3 is 5.11 Å². The molecule has 0 saturated heterocycles. The molecule has 2 aromatic carbocycles.